The van der Waals surface area contributed by atoms with Gasteiger partial charge in [-0.15, -0.1) is 0 Å². The van der Waals surface area contributed by atoms with Crippen LogP contribution in [-0.2, 0) is 11.2 Å². The first kappa shape index (κ1) is 27.0. The number of carbonyl (C=O) groups is 2. The molecule has 0 radical (unpaired) electrons. The van der Waals surface area contributed by atoms with Crippen LogP contribution in [0.2, 0.25) is 5.02 Å². The van der Waals surface area contributed by atoms with E-state index in [2.05, 4.69) is 51.2 Å². The fourth-order valence-electron chi connectivity index (χ4n) is 5.33. The Hall–Kier alpha value is -3.55. The highest BCUT2D eigenvalue weighted by Crippen LogP contribution is 2.30. The number of hydrogen-bond donors (Lipinski definition) is 3. The van der Waals surface area contributed by atoms with Gasteiger partial charge in [-0.25, -0.2) is 4.79 Å². The Morgan fingerprint density at radius 1 is 0.897 bits per heavy atom. The van der Waals surface area contributed by atoms with Crippen molar-refractivity contribution >= 4 is 40.6 Å². The van der Waals surface area contributed by atoms with Crippen molar-refractivity contribution in [3.63, 3.8) is 0 Å². The van der Waals surface area contributed by atoms with Crippen molar-refractivity contribution in [3.8, 4) is 0 Å². The van der Waals surface area contributed by atoms with Crippen LogP contribution in [0.4, 0.5) is 21.9 Å². The molecule has 0 aliphatic carbocycles. The molecule has 2 heterocycles. The van der Waals surface area contributed by atoms with Crippen LogP contribution in [0.5, 0.6) is 0 Å². The number of nitrogens with zero attached hydrogens (tertiary/aromatic N) is 1. The molecule has 39 heavy (non-hydrogen) atoms. The largest absolute Gasteiger partial charge is 0.376 e. The van der Waals surface area contributed by atoms with Gasteiger partial charge in [0.1, 0.15) is 0 Å². The fraction of sp³-hybridized carbons (Fsp3) is 0.355. The Balaban J connectivity index is 1.27. The van der Waals surface area contributed by atoms with Gasteiger partial charge in [-0.2, -0.15) is 0 Å². The Kier molecular flexibility index (Phi) is 9.01. The van der Waals surface area contributed by atoms with E-state index < -0.39 is 6.03 Å². The Morgan fingerprint density at radius 2 is 1.62 bits per heavy atom. The van der Waals surface area contributed by atoms with Gasteiger partial charge in [0.25, 0.3) is 5.91 Å². The molecule has 204 valence electrons. The lowest BCUT2D eigenvalue weighted by molar-refractivity contribution is 0.0858. The SMILES string of the molecule is O=C(Nc1ccc(Cl)cc1)Nc1ccc(N2CCC(Cc3ccccc3)CC2)c(C(=O)NC[C@@H]2CCCO2)c1. The van der Waals surface area contributed by atoms with E-state index in [1.165, 1.54) is 5.56 Å². The van der Waals surface area contributed by atoms with Crippen molar-refractivity contribution < 1.29 is 14.3 Å². The minimum atomic E-state index is -0.391. The van der Waals surface area contributed by atoms with Crippen molar-refractivity contribution in [2.75, 3.05) is 41.8 Å². The molecule has 0 spiro atoms. The second-order valence-electron chi connectivity index (χ2n) is 10.3. The minimum absolute atomic E-state index is 0.0533. The topological polar surface area (TPSA) is 82.7 Å². The molecule has 3 amide bonds. The zero-order valence-corrected chi connectivity index (χ0v) is 22.8. The summed E-state index contributed by atoms with van der Waals surface area (Å²) in [6, 6.07) is 22.7. The number of piperidine rings is 1. The van der Waals surface area contributed by atoms with Crippen LogP contribution in [0.25, 0.3) is 0 Å². The summed E-state index contributed by atoms with van der Waals surface area (Å²) >= 11 is 5.94. The molecule has 7 nitrogen and oxygen atoms in total. The second-order valence-corrected chi connectivity index (χ2v) is 10.7. The number of hydrogen-bond acceptors (Lipinski definition) is 4. The van der Waals surface area contributed by atoms with Crippen molar-refractivity contribution in [1.82, 2.24) is 5.32 Å². The van der Waals surface area contributed by atoms with Gasteiger partial charge < -0.3 is 25.6 Å². The molecule has 0 unspecified atom stereocenters. The molecule has 3 aromatic carbocycles. The van der Waals surface area contributed by atoms with E-state index in [0.29, 0.717) is 34.4 Å². The zero-order valence-electron chi connectivity index (χ0n) is 22.0. The van der Waals surface area contributed by atoms with Crippen LogP contribution in [0, 0.1) is 5.92 Å². The van der Waals surface area contributed by atoms with Gasteiger partial charge in [-0.05, 0) is 86.1 Å². The molecule has 2 aliphatic heterocycles. The van der Waals surface area contributed by atoms with E-state index in [1.807, 2.05) is 12.1 Å². The van der Waals surface area contributed by atoms with E-state index in [-0.39, 0.29) is 12.0 Å². The van der Waals surface area contributed by atoms with E-state index in [1.54, 1.807) is 30.3 Å². The summed E-state index contributed by atoms with van der Waals surface area (Å²) in [5, 5.41) is 9.30. The number of benzene rings is 3. The summed E-state index contributed by atoms with van der Waals surface area (Å²) < 4.78 is 5.69. The Bertz CT molecular complexity index is 1250. The lowest BCUT2D eigenvalue weighted by Crippen LogP contribution is -2.37. The third-order valence-electron chi connectivity index (χ3n) is 7.44. The Labute approximate surface area is 234 Å². The van der Waals surface area contributed by atoms with E-state index in [0.717, 1.165) is 57.5 Å². The highest BCUT2D eigenvalue weighted by atomic mass is 35.5. The van der Waals surface area contributed by atoms with Crippen molar-refractivity contribution in [2.45, 2.75) is 38.2 Å². The third-order valence-corrected chi connectivity index (χ3v) is 7.69. The Morgan fingerprint density at radius 3 is 2.33 bits per heavy atom. The smallest absolute Gasteiger partial charge is 0.323 e. The maximum atomic E-state index is 13.4. The van der Waals surface area contributed by atoms with E-state index in [9.17, 15) is 9.59 Å². The maximum absolute atomic E-state index is 13.4. The molecule has 3 aromatic rings. The summed E-state index contributed by atoms with van der Waals surface area (Å²) in [5.74, 6) is 0.464. The van der Waals surface area contributed by atoms with Gasteiger partial charge in [0, 0.05) is 48.3 Å². The molecular formula is C31H35ClN4O3. The zero-order chi connectivity index (χ0) is 27.0. The third kappa shape index (κ3) is 7.52. The van der Waals surface area contributed by atoms with Crippen LogP contribution in [-0.4, -0.2) is 44.3 Å². The molecule has 1 atom stereocenters. The van der Waals surface area contributed by atoms with Gasteiger partial charge in [0.2, 0.25) is 0 Å². The van der Waals surface area contributed by atoms with Crippen molar-refractivity contribution in [3.05, 3.63) is 88.9 Å². The summed E-state index contributed by atoms with van der Waals surface area (Å²) in [4.78, 5) is 28.3. The molecule has 0 saturated carbocycles. The number of amides is 3. The molecule has 2 aliphatic rings. The van der Waals surface area contributed by atoms with Gasteiger partial charge in [-0.1, -0.05) is 41.9 Å². The van der Waals surface area contributed by atoms with Crippen LogP contribution in [0.15, 0.2) is 72.8 Å². The average molecular weight is 547 g/mol. The first-order valence-corrected chi connectivity index (χ1v) is 14.1. The molecule has 8 heteroatoms. The van der Waals surface area contributed by atoms with Gasteiger partial charge in [0.05, 0.1) is 11.7 Å². The molecule has 2 fully saturated rings. The average Bonchev–Trinajstić information content (AvgIpc) is 3.48. The number of carbonyl (C=O) groups excluding carboxylic acids is 2. The summed E-state index contributed by atoms with van der Waals surface area (Å²) in [7, 11) is 0. The van der Waals surface area contributed by atoms with Crippen LogP contribution in [0.1, 0.15) is 41.6 Å². The molecule has 3 N–H and O–H groups in total. The van der Waals surface area contributed by atoms with Gasteiger partial charge in [-0.3, -0.25) is 4.79 Å². The lowest BCUT2D eigenvalue weighted by Gasteiger charge is -2.35. The normalized spacial score (nSPS) is 17.6. The summed E-state index contributed by atoms with van der Waals surface area (Å²) in [6.07, 6.45) is 5.23. The first-order valence-electron chi connectivity index (χ1n) is 13.7. The number of nitrogens with one attached hydrogen (secondary N) is 3. The minimum Gasteiger partial charge on any atom is -0.376 e. The molecule has 2 saturated heterocycles. The second kappa shape index (κ2) is 13.0. The lowest BCUT2D eigenvalue weighted by atomic mass is 9.89. The number of anilines is 3. The molecule has 0 aromatic heterocycles. The number of halogens is 1. The standard InChI is InChI=1S/C31H35ClN4O3/c32-24-8-10-25(11-9-24)34-31(38)35-26-12-13-29(28(20-26)30(37)33-21-27-7-4-18-39-27)36-16-14-23(15-17-36)19-22-5-2-1-3-6-22/h1-3,5-6,8-13,20,23,27H,4,7,14-19,21H2,(H,33,37)(H2,34,35,38)/t27-/m0/s1. The molecule has 0 bridgehead atoms. The summed E-state index contributed by atoms with van der Waals surface area (Å²) in [5.41, 5.74) is 3.99. The van der Waals surface area contributed by atoms with Crippen molar-refractivity contribution in [1.29, 1.82) is 0 Å². The number of urea groups is 1. The predicted molar refractivity (Wildman–Crippen MR) is 157 cm³/mol. The number of ether oxygens (including phenoxy) is 1. The monoisotopic (exact) mass is 546 g/mol. The van der Waals surface area contributed by atoms with E-state index >= 15 is 0 Å². The number of rotatable bonds is 8. The molecular weight excluding hydrogens is 512 g/mol. The quantitative estimate of drug-likeness (QED) is 0.307. The molecule has 5 rings (SSSR count). The van der Waals surface area contributed by atoms with Crippen LogP contribution >= 0.6 is 11.6 Å². The van der Waals surface area contributed by atoms with Gasteiger partial charge >= 0.3 is 6.03 Å². The highest BCUT2D eigenvalue weighted by Gasteiger charge is 2.25. The van der Waals surface area contributed by atoms with Gasteiger partial charge in [0.15, 0.2) is 0 Å². The fourth-order valence-corrected chi connectivity index (χ4v) is 5.46. The first-order chi connectivity index (χ1) is 19.0. The van der Waals surface area contributed by atoms with E-state index in [4.69, 9.17) is 16.3 Å². The van der Waals surface area contributed by atoms with Crippen LogP contribution in [0.3, 0.4) is 0 Å². The predicted octanol–water partition coefficient (Wildman–Crippen LogP) is 6.35. The highest BCUT2D eigenvalue weighted by molar-refractivity contribution is 6.30. The maximum Gasteiger partial charge on any atom is 0.323 e. The summed E-state index contributed by atoms with van der Waals surface area (Å²) in [6.45, 7) is 2.98. The van der Waals surface area contributed by atoms with Crippen molar-refractivity contribution in [2.24, 2.45) is 5.92 Å². The van der Waals surface area contributed by atoms with Crippen LogP contribution < -0.4 is 20.9 Å².